The van der Waals surface area contributed by atoms with Crippen LogP contribution in [0.3, 0.4) is 0 Å². The molecule has 188 valence electrons. The molecule has 2 aliphatic rings. The van der Waals surface area contributed by atoms with E-state index in [0.29, 0.717) is 50.9 Å². The molecule has 3 aromatic rings. The Morgan fingerprint density at radius 2 is 1.92 bits per heavy atom. The summed E-state index contributed by atoms with van der Waals surface area (Å²) in [6.07, 6.45) is -1.31. The molecule has 36 heavy (non-hydrogen) atoms. The van der Waals surface area contributed by atoms with E-state index in [1.54, 1.807) is 6.20 Å². The molecule has 0 saturated carbocycles. The number of halogens is 2. The van der Waals surface area contributed by atoms with Crippen LogP contribution in [-0.2, 0) is 4.74 Å². The standard InChI is InChI=1S/C26H27F2N5O3/c1-16-21(17-5-6-29-23(12-17)33-14-20(34)15-33)13-22(25(30-16)32-7-9-36-10-8-32)31-26(35)19-4-2-3-18(11-19)24(27)28/h2-6,11-13,20,24,34H,7-10,14-15H2,1H3,(H,31,35). The Balaban J connectivity index is 1.51. The Hall–Kier alpha value is -3.63. The van der Waals surface area contributed by atoms with Crippen LogP contribution in [0.1, 0.15) is 28.0 Å². The average molecular weight is 496 g/mol. The number of pyridine rings is 2. The first-order valence-corrected chi connectivity index (χ1v) is 11.8. The van der Waals surface area contributed by atoms with Gasteiger partial charge in [-0.25, -0.2) is 18.7 Å². The number of carbonyl (C=O) groups is 1. The first-order valence-electron chi connectivity index (χ1n) is 11.8. The molecule has 2 fully saturated rings. The van der Waals surface area contributed by atoms with Crippen molar-refractivity contribution in [2.24, 2.45) is 0 Å². The summed E-state index contributed by atoms with van der Waals surface area (Å²) in [4.78, 5) is 26.4. The molecule has 1 aromatic carbocycles. The van der Waals surface area contributed by atoms with Gasteiger partial charge in [0.05, 0.1) is 25.0 Å². The summed E-state index contributed by atoms with van der Waals surface area (Å²) in [7, 11) is 0. The maximum Gasteiger partial charge on any atom is 0.263 e. The van der Waals surface area contributed by atoms with E-state index < -0.39 is 12.3 Å². The van der Waals surface area contributed by atoms with Crippen molar-refractivity contribution >= 4 is 23.2 Å². The number of hydrogen-bond acceptors (Lipinski definition) is 7. The number of hydrogen-bond donors (Lipinski definition) is 2. The highest BCUT2D eigenvalue weighted by Crippen LogP contribution is 2.34. The van der Waals surface area contributed by atoms with Crippen LogP contribution >= 0.6 is 0 Å². The highest BCUT2D eigenvalue weighted by Gasteiger charge is 2.26. The molecule has 8 nitrogen and oxygen atoms in total. The minimum atomic E-state index is -2.66. The van der Waals surface area contributed by atoms with Gasteiger partial charge in [0.1, 0.15) is 5.82 Å². The lowest BCUT2D eigenvalue weighted by Gasteiger charge is -2.37. The normalized spacial score (nSPS) is 16.2. The Kier molecular flexibility index (Phi) is 6.80. The van der Waals surface area contributed by atoms with E-state index in [9.17, 15) is 18.7 Å². The Morgan fingerprint density at radius 1 is 1.14 bits per heavy atom. The zero-order valence-corrected chi connectivity index (χ0v) is 19.8. The lowest BCUT2D eigenvalue weighted by Crippen LogP contribution is -2.51. The summed E-state index contributed by atoms with van der Waals surface area (Å²) in [6, 6.07) is 11.1. The van der Waals surface area contributed by atoms with Crippen LogP contribution in [0.25, 0.3) is 11.1 Å². The van der Waals surface area contributed by atoms with Gasteiger partial charge in [0, 0.05) is 54.8 Å². The van der Waals surface area contributed by atoms with Crippen LogP contribution in [0.15, 0.2) is 48.7 Å². The van der Waals surface area contributed by atoms with Gasteiger partial charge in [-0.05, 0) is 42.8 Å². The molecule has 0 spiro atoms. The van der Waals surface area contributed by atoms with Crippen molar-refractivity contribution in [3.05, 3.63) is 65.5 Å². The second-order valence-electron chi connectivity index (χ2n) is 8.93. The van der Waals surface area contributed by atoms with Gasteiger partial charge in [0.25, 0.3) is 12.3 Å². The first-order chi connectivity index (χ1) is 17.4. The Labute approximate surface area is 207 Å². The van der Waals surface area contributed by atoms with Gasteiger partial charge >= 0.3 is 0 Å². The van der Waals surface area contributed by atoms with Gasteiger partial charge in [-0.2, -0.15) is 0 Å². The number of nitrogens with one attached hydrogen (secondary N) is 1. The van der Waals surface area contributed by atoms with Gasteiger partial charge in [-0.1, -0.05) is 12.1 Å². The Morgan fingerprint density at radius 3 is 2.64 bits per heavy atom. The summed E-state index contributed by atoms with van der Waals surface area (Å²) in [6.45, 7) is 5.29. The molecule has 2 N–H and O–H groups in total. The lowest BCUT2D eigenvalue weighted by atomic mass is 10.0. The third kappa shape index (κ3) is 5.00. The Bertz CT molecular complexity index is 1260. The van der Waals surface area contributed by atoms with Crippen LogP contribution < -0.4 is 15.1 Å². The number of aliphatic hydroxyl groups is 1. The molecule has 2 aliphatic heterocycles. The van der Waals surface area contributed by atoms with Crippen molar-refractivity contribution in [1.29, 1.82) is 0 Å². The maximum absolute atomic E-state index is 13.2. The molecule has 0 aliphatic carbocycles. The number of ether oxygens (including phenoxy) is 1. The average Bonchev–Trinajstić information content (AvgIpc) is 2.88. The topological polar surface area (TPSA) is 90.8 Å². The monoisotopic (exact) mass is 495 g/mol. The highest BCUT2D eigenvalue weighted by molar-refractivity contribution is 6.06. The number of alkyl halides is 2. The van der Waals surface area contributed by atoms with E-state index in [4.69, 9.17) is 9.72 Å². The SMILES string of the molecule is Cc1nc(N2CCOCC2)c(NC(=O)c2cccc(C(F)F)c2)cc1-c1ccnc(N2CC(O)C2)c1. The number of β-amino-alcohol motifs (C(OH)–C–C–N with tert-alkyl or cyclic N) is 1. The molecular weight excluding hydrogens is 468 g/mol. The second kappa shape index (κ2) is 10.2. The molecule has 1 amide bonds. The smallest absolute Gasteiger partial charge is 0.263 e. The number of anilines is 3. The van der Waals surface area contributed by atoms with Gasteiger partial charge in [0.2, 0.25) is 0 Å². The molecule has 0 atom stereocenters. The molecule has 0 radical (unpaired) electrons. The molecule has 0 unspecified atom stereocenters. The summed E-state index contributed by atoms with van der Waals surface area (Å²) >= 11 is 0. The van der Waals surface area contributed by atoms with Gasteiger partial charge < -0.3 is 25.0 Å². The number of carbonyl (C=O) groups excluding carboxylic acids is 1. The fourth-order valence-corrected chi connectivity index (χ4v) is 4.40. The van der Waals surface area contributed by atoms with Crippen LogP contribution in [0.4, 0.5) is 26.1 Å². The van der Waals surface area contributed by atoms with E-state index >= 15 is 0 Å². The van der Waals surface area contributed by atoms with Crippen molar-refractivity contribution in [1.82, 2.24) is 9.97 Å². The van der Waals surface area contributed by atoms with Crippen LogP contribution in [-0.4, -0.2) is 66.5 Å². The van der Waals surface area contributed by atoms with Crippen LogP contribution in [0.5, 0.6) is 0 Å². The van der Waals surface area contributed by atoms with E-state index in [0.717, 1.165) is 22.6 Å². The number of nitrogens with zero attached hydrogens (tertiary/aromatic N) is 4. The second-order valence-corrected chi connectivity index (χ2v) is 8.93. The van der Waals surface area contributed by atoms with E-state index in [-0.39, 0.29) is 17.2 Å². The lowest BCUT2D eigenvalue weighted by molar-refractivity contribution is 0.102. The molecule has 5 rings (SSSR count). The van der Waals surface area contributed by atoms with Crippen molar-refractivity contribution < 1.29 is 23.4 Å². The number of amides is 1. The van der Waals surface area contributed by atoms with Gasteiger partial charge in [-0.15, -0.1) is 0 Å². The molecule has 2 saturated heterocycles. The number of benzene rings is 1. The van der Waals surface area contributed by atoms with E-state index in [2.05, 4.69) is 10.3 Å². The highest BCUT2D eigenvalue weighted by atomic mass is 19.3. The fraction of sp³-hybridized carbons (Fsp3) is 0.346. The molecule has 2 aromatic heterocycles. The van der Waals surface area contributed by atoms with Crippen molar-refractivity contribution in [2.45, 2.75) is 19.5 Å². The molecular formula is C26H27F2N5O3. The van der Waals surface area contributed by atoms with E-state index in [1.807, 2.05) is 34.9 Å². The minimum absolute atomic E-state index is 0.144. The molecule has 10 heteroatoms. The van der Waals surface area contributed by atoms with E-state index in [1.165, 1.54) is 24.3 Å². The number of aromatic nitrogens is 2. The summed E-state index contributed by atoms with van der Waals surface area (Å²) in [5.74, 6) is 0.871. The maximum atomic E-state index is 13.2. The summed E-state index contributed by atoms with van der Waals surface area (Å²) in [5.41, 5.74) is 2.88. The first kappa shape index (κ1) is 24.1. The van der Waals surface area contributed by atoms with Crippen molar-refractivity contribution in [3.8, 4) is 11.1 Å². The number of aliphatic hydroxyl groups excluding tert-OH is 1. The number of aryl methyl sites for hydroxylation is 1. The summed E-state index contributed by atoms with van der Waals surface area (Å²) in [5, 5.41) is 12.6. The summed E-state index contributed by atoms with van der Waals surface area (Å²) < 4.78 is 31.8. The van der Waals surface area contributed by atoms with Crippen LogP contribution in [0, 0.1) is 6.92 Å². The molecule has 0 bridgehead atoms. The molecule has 4 heterocycles. The number of rotatable bonds is 6. The predicted octanol–water partition coefficient (Wildman–Crippen LogP) is 3.66. The quantitative estimate of drug-likeness (QED) is 0.539. The van der Waals surface area contributed by atoms with Crippen molar-refractivity contribution in [3.63, 3.8) is 0 Å². The fourth-order valence-electron chi connectivity index (χ4n) is 4.40. The predicted molar refractivity (Wildman–Crippen MR) is 133 cm³/mol. The van der Waals surface area contributed by atoms with Crippen molar-refractivity contribution in [2.75, 3.05) is 54.5 Å². The third-order valence-electron chi connectivity index (χ3n) is 6.40. The van der Waals surface area contributed by atoms with Gasteiger partial charge in [0.15, 0.2) is 5.82 Å². The zero-order valence-electron chi connectivity index (χ0n) is 19.8. The minimum Gasteiger partial charge on any atom is -0.389 e. The zero-order chi connectivity index (χ0) is 25.2. The third-order valence-corrected chi connectivity index (χ3v) is 6.40. The van der Waals surface area contributed by atoms with Crippen LogP contribution in [0.2, 0.25) is 0 Å². The van der Waals surface area contributed by atoms with Gasteiger partial charge in [-0.3, -0.25) is 4.79 Å². The largest absolute Gasteiger partial charge is 0.389 e. The number of morpholine rings is 1.